The van der Waals surface area contributed by atoms with Crippen molar-refractivity contribution in [2.75, 3.05) is 0 Å². The van der Waals surface area contributed by atoms with Gasteiger partial charge in [-0.3, -0.25) is 0 Å². The van der Waals surface area contributed by atoms with Gasteiger partial charge in [-0.25, -0.2) is 4.98 Å². The molecule has 0 fully saturated rings. The first-order valence-electron chi connectivity index (χ1n) is 4.75. The Labute approximate surface area is 91.7 Å². The topological polar surface area (TPSA) is 80.5 Å². The lowest BCUT2D eigenvalue weighted by Crippen LogP contribution is -2.22. The van der Waals surface area contributed by atoms with Crippen molar-refractivity contribution < 1.29 is 0 Å². The van der Waals surface area contributed by atoms with Crippen molar-refractivity contribution >= 4 is 11.3 Å². The second-order valence-electron chi connectivity index (χ2n) is 3.58. The summed E-state index contributed by atoms with van der Waals surface area (Å²) in [6.45, 7) is 4.06. The van der Waals surface area contributed by atoms with Gasteiger partial charge in [-0.05, 0) is 6.92 Å². The van der Waals surface area contributed by atoms with Gasteiger partial charge in [-0.2, -0.15) is 15.4 Å². The van der Waals surface area contributed by atoms with Gasteiger partial charge in [0.2, 0.25) is 0 Å². The Hall–Kier alpha value is -1.27. The number of hydrogen-bond acceptors (Lipinski definition) is 5. The molecule has 0 aliphatic carbocycles. The quantitative estimate of drug-likeness (QED) is 0.823. The Morgan fingerprint density at radius 1 is 1.47 bits per heavy atom. The Balaban J connectivity index is 2.25. The van der Waals surface area contributed by atoms with Gasteiger partial charge in [0.1, 0.15) is 10.7 Å². The third-order valence-electron chi connectivity index (χ3n) is 2.41. The zero-order valence-electron chi connectivity index (χ0n) is 8.64. The molecule has 2 aromatic heterocycles. The van der Waals surface area contributed by atoms with E-state index in [9.17, 15) is 0 Å². The molecule has 0 saturated carbocycles. The minimum absolute atomic E-state index is 0.109. The number of aromatic nitrogens is 4. The molecule has 0 aliphatic rings. The van der Waals surface area contributed by atoms with Crippen LogP contribution in [0.4, 0.5) is 0 Å². The second-order valence-corrected chi connectivity index (χ2v) is 4.44. The molecule has 15 heavy (non-hydrogen) atoms. The number of hydrogen-bond donors (Lipinski definition) is 2. The molecule has 2 aromatic rings. The lowest BCUT2D eigenvalue weighted by molar-refractivity contribution is 0.602. The molecule has 2 atom stereocenters. The lowest BCUT2D eigenvalue weighted by atomic mass is 10.0. The Bertz CT molecular complexity index is 419. The molecule has 0 bridgehead atoms. The van der Waals surface area contributed by atoms with Crippen LogP contribution in [-0.4, -0.2) is 26.4 Å². The zero-order chi connectivity index (χ0) is 10.8. The van der Waals surface area contributed by atoms with E-state index in [1.807, 2.05) is 12.3 Å². The summed E-state index contributed by atoms with van der Waals surface area (Å²) < 4.78 is 0. The highest BCUT2D eigenvalue weighted by molar-refractivity contribution is 7.13. The van der Waals surface area contributed by atoms with Crippen molar-refractivity contribution in [3.63, 3.8) is 0 Å². The fourth-order valence-corrected chi connectivity index (χ4v) is 2.06. The van der Waals surface area contributed by atoms with E-state index in [0.717, 1.165) is 16.4 Å². The van der Waals surface area contributed by atoms with Gasteiger partial charge in [0, 0.05) is 17.3 Å². The maximum atomic E-state index is 5.83. The fourth-order valence-electron chi connectivity index (χ4n) is 1.19. The standard InChI is InChI=1S/C9H13N5S/c1-5(6(2)10)8-4-15-9(12-8)7-3-11-14-13-7/h3-6H,10H2,1-2H3,(H,11,13,14). The number of H-pyrrole nitrogens is 1. The van der Waals surface area contributed by atoms with Crippen molar-refractivity contribution in [3.8, 4) is 10.7 Å². The second kappa shape index (κ2) is 4.08. The largest absolute Gasteiger partial charge is 0.327 e. The summed E-state index contributed by atoms with van der Waals surface area (Å²) in [6.07, 6.45) is 1.67. The van der Waals surface area contributed by atoms with E-state index in [1.165, 1.54) is 0 Å². The fraction of sp³-hybridized carbons (Fsp3) is 0.444. The first kappa shape index (κ1) is 10.3. The highest BCUT2D eigenvalue weighted by Crippen LogP contribution is 2.25. The van der Waals surface area contributed by atoms with E-state index in [2.05, 4.69) is 27.3 Å². The van der Waals surface area contributed by atoms with E-state index in [0.29, 0.717) is 0 Å². The third kappa shape index (κ3) is 2.05. The zero-order valence-corrected chi connectivity index (χ0v) is 9.45. The summed E-state index contributed by atoms with van der Waals surface area (Å²) in [4.78, 5) is 4.49. The molecule has 0 amide bonds. The van der Waals surface area contributed by atoms with Gasteiger partial charge in [0.15, 0.2) is 0 Å². The highest BCUT2D eigenvalue weighted by Gasteiger charge is 2.15. The average Bonchev–Trinajstić information content (AvgIpc) is 2.86. The van der Waals surface area contributed by atoms with E-state index in [4.69, 9.17) is 5.73 Å². The molecule has 80 valence electrons. The molecule has 0 saturated heterocycles. The van der Waals surface area contributed by atoms with E-state index >= 15 is 0 Å². The molecule has 6 heteroatoms. The molecule has 2 unspecified atom stereocenters. The summed E-state index contributed by atoms with van der Waals surface area (Å²) >= 11 is 1.56. The van der Waals surface area contributed by atoms with Crippen molar-refractivity contribution in [1.82, 2.24) is 20.4 Å². The Morgan fingerprint density at radius 2 is 2.27 bits per heavy atom. The lowest BCUT2D eigenvalue weighted by Gasteiger charge is -2.11. The monoisotopic (exact) mass is 223 g/mol. The Morgan fingerprint density at radius 3 is 2.87 bits per heavy atom. The SMILES string of the molecule is CC(N)C(C)c1csc(-c2cn[nH]n2)n1. The summed E-state index contributed by atoms with van der Waals surface area (Å²) in [5.41, 5.74) is 7.63. The molecule has 2 rings (SSSR count). The molecule has 0 aromatic carbocycles. The van der Waals surface area contributed by atoms with Crippen LogP contribution in [0.5, 0.6) is 0 Å². The minimum atomic E-state index is 0.109. The molecule has 3 N–H and O–H groups in total. The van der Waals surface area contributed by atoms with Crippen LogP contribution < -0.4 is 5.73 Å². The number of nitrogens with zero attached hydrogens (tertiary/aromatic N) is 3. The van der Waals surface area contributed by atoms with Crippen LogP contribution in [0.1, 0.15) is 25.5 Å². The molecular weight excluding hydrogens is 210 g/mol. The van der Waals surface area contributed by atoms with Crippen molar-refractivity contribution in [2.45, 2.75) is 25.8 Å². The van der Waals surface area contributed by atoms with E-state index < -0.39 is 0 Å². The maximum absolute atomic E-state index is 5.83. The van der Waals surface area contributed by atoms with Gasteiger partial charge in [0.05, 0.1) is 11.9 Å². The minimum Gasteiger partial charge on any atom is -0.327 e. The number of thiazole rings is 1. The van der Waals surface area contributed by atoms with Crippen LogP contribution in [0.25, 0.3) is 10.7 Å². The first-order valence-corrected chi connectivity index (χ1v) is 5.63. The van der Waals surface area contributed by atoms with Gasteiger partial charge in [0.25, 0.3) is 0 Å². The van der Waals surface area contributed by atoms with Crippen LogP contribution in [-0.2, 0) is 0 Å². The summed E-state index contributed by atoms with van der Waals surface area (Å²) in [7, 11) is 0. The van der Waals surface area contributed by atoms with Crippen LogP contribution in [0.3, 0.4) is 0 Å². The van der Waals surface area contributed by atoms with Crippen LogP contribution in [0, 0.1) is 0 Å². The smallest absolute Gasteiger partial charge is 0.145 e. The van der Waals surface area contributed by atoms with Crippen LogP contribution in [0.2, 0.25) is 0 Å². The van der Waals surface area contributed by atoms with Crippen LogP contribution in [0.15, 0.2) is 11.6 Å². The number of nitrogens with two attached hydrogens (primary N) is 1. The Kier molecular flexibility index (Phi) is 2.79. The van der Waals surface area contributed by atoms with E-state index in [-0.39, 0.29) is 12.0 Å². The predicted octanol–water partition coefficient (Wildman–Crippen LogP) is 1.38. The van der Waals surface area contributed by atoms with Gasteiger partial charge in [-0.1, -0.05) is 6.92 Å². The van der Waals surface area contributed by atoms with Gasteiger partial charge >= 0.3 is 0 Å². The number of aromatic amines is 1. The molecule has 0 aliphatic heterocycles. The van der Waals surface area contributed by atoms with Crippen molar-refractivity contribution in [3.05, 3.63) is 17.3 Å². The number of nitrogens with one attached hydrogen (secondary N) is 1. The van der Waals surface area contributed by atoms with Crippen LogP contribution >= 0.6 is 11.3 Å². The summed E-state index contributed by atoms with van der Waals surface area (Å²) in [5.74, 6) is 0.266. The molecule has 0 spiro atoms. The molecule has 0 radical (unpaired) electrons. The predicted molar refractivity (Wildman–Crippen MR) is 59.6 cm³/mol. The first-order chi connectivity index (χ1) is 7.18. The average molecular weight is 223 g/mol. The van der Waals surface area contributed by atoms with Crippen molar-refractivity contribution in [2.24, 2.45) is 5.73 Å². The van der Waals surface area contributed by atoms with Gasteiger partial charge in [-0.15, -0.1) is 11.3 Å². The molecular formula is C9H13N5S. The third-order valence-corrected chi connectivity index (χ3v) is 3.29. The molecule has 2 heterocycles. The highest BCUT2D eigenvalue weighted by atomic mass is 32.1. The molecule has 5 nitrogen and oxygen atoms in total. The number of rotatable bonds is 3. The van der Waals surface area contributed by atoms with E-state index in [1.54, 1.807) is 17.5 Å². The maximum Gasteiger partial charge on any atom is 0.145 e. The van der Waals surface area contributed by atoms with Crippen molar-refractivity contribution in [1.29, 1.82) is 0 Å². The summed E-state index contributed by atoms with van der Waals surface area (Å²) in [6, 6.07) is 0.109. The normalized spacial score (nSPS) is 15.1. The van der Waals surface area contributed by atoms with Gasteiger partial charge < -0.3 is 5.73 Å². The summed E-state index contributed by atoms with van der Waals surface area (Å²) in [5, 5.41) is 13.2.